The zero-order chi connectivity index (χ0) is 19.9. The fourth-order valence-corrected chi connectivity index (χ4v) is 3.52. The Labute approximate surface area is 169 Å². The van der Waals surface area contributed by atoms with Gasteiger partial charge in [0.2, 0.25) is 0 Å². The summed E-state index contributed by atoms with van der Waals surface area (Å²) >= 11 is 6.56. The number of esters is 1. The van der Waals surface area contributed by atoms with E-state index in [1.807, 2.05) is 31.2 Å². The van der Waals surface area contributed by atoms with Crippen molar-refractivity contribution >= 4 is 34.9 Å². The Morgan fingerprint density at radius 2 is 1.89 bits per heavy atom. The molecule has 2 aromatic carbocycles. The molecule has 2 saturated carbocycles. The summed E-state index contributed by atoms with van der Waals surface area (Å²) in [6, 6.07) is 10.9. The van der Waals surface area contributed by atoms with Crippen molar-refractivity contribution < 1.29 is 14.3 Å². The van der Waals surface area contributed by atoms with Crippen molar-refractivity contribution in [3.63, 3.8) is 0 Å². The number of carbonyl (C=O) groups excluding carboxylic acids is 2. The van der Waals surface area contributed by atoms with Gasteiger partial charge in [-0.15, -0.1) is 0 Å². The lowest BCUT2D eigenvalue weighted by Gasteiger charge is -2.17. The van der Waals surface area contributed by atoms with Gasteiger partial charge in [0.05, 0.1) is 28.9 Å². The van der Waals surface area contributed by atoms with Crippen LogP contribution in [0.5, 0.6) is 0 Å². The maximum absolute atomic E-state index is 12.6. The van der Waals surface area contributed by atoms with Gasteiger partial charge in [-0.1, -0.05) is 17.7 Å². The van der Waals surface area contributed by atoms with Crippen LogP contribution in [0, 0.1) is 0 Å². The SMILES string of the molecule is COC(=O)c1ccc(Nc2cccc(C(=O)NC3(C)CC3)c2Cl)c(C2CC2)c1. The van der Waals surface area contributed by atoms with E-state index < -0.39 is 0 Å². The number of amides is 1. The Kier molecular flexibility index (Phi) is 4.79. The molecule has 1 amide bonds. The average Bonchev–Trinajstić information content (AvgIpc) is 3.60. The maximum Gasteiger partial charge on any atom is 0.337 e. The number of rotatable bonds is 6. The first kappa shape index (κ1) is 18.8. The van der Waals surface area contributed by atoms with Crippen LogP contribution in [0.2, 0.25) is 5.02 Å². The molecule has 146 valence electrons. The van der Waals surface area contributed by atoms with E-state index in [0.717, 1.165) is 36.9 Å². The quantitative estimate of drug-likeness (QED) is 0.669. The van der Waals surface area contributed by atoms with Crippen LogP contribution in [0.1, 0.15) is 64.8 Å². The molecule has 0 saturated heterocycles. The number of hydrogen-bond acceptors (Lipinski definition) is 4. The average molecular weight is 399 g/mol. The molecular weight excluding hydrogens is 376 g/mol. The van der Waals surface area contributed by atoms with Gasteiger partial charge in [0, 0.05) is 11.2 Å². The number of benzene rings is 2. The lowest BCUT2D eigenvalue weighted by molar-refractivity contribution is 0.0600. The third-order valence-electron chi connectivity index (χ3n) is 5.42. The van der Waals surface area contributed by atoms with Crippen molar-refractivity contribution in [3.8, 4) is 0 Å². The van der Waals surface area contributed by atoms with E-state index in [9.17, 15) is 9.59 Å². The number of halogens is 1. The summed E-state index contributed by atoms with van der Waals surface area (Å²) in [5.74, 6) is -0.0805. The van der Waals surface area contributed by atoms with Gasteiger partial charge < -0.3 is 15.4 Å². The molecule has 0 unspecified atom stereocenters. The molecule has 0 aliphatic heterocycles. The number of carbonyl (C=O) groups is 2. The summed E-state index contributed by atoms with van der Waals surface area (Å²) in [7, 11) is 1.38. The van der Waals surface area contributed by atoms with Gasteiger partial charge >= 0.3 is 5.97 Å². The highest BCUT2D eigenvalue weighted by molar-refractivity contribution is 6.36. The topological polar surface area (TPSA) is 67.4 Å². The number of nitrogens with one attached hydrogen (secondary N) is 2. The van der Waals surface area contributed by atoms with Crippen molar-refractivity contribution in [1.29, 1.82) is 0 Å². The van der Waals surface area contributed by atoms with E-state index in [2.05, 4.69) is 10.6 Å². The minimum absolute atomic E-state index is 0.104. The third kappa shape index (κ3) is 3.85. The number of methoxy groups -OCH3 is 1. The Balaban J connectivity index is 1.61. The van der Waals surface area contributed by atoms with Crippen LogP contribution in [0.15, 0.2) is 36.4 Å². The molecule has 0 heterocycles. The highest BCUT2D eigenvalue weighted by Crippen LogP contribution is 2.45. The predicted octanol–water partition coefficient (Wildman–Crippen LogP) is 5.03. The zero-order valence-corrected chi connectivity index (χ0v) is 16.7. The van der Waals surface area contributed by atoms with E-state index >= 15 is 0 Å². The minimum atomic E-state index is -0.348. The van der Waals surface area contributed by atoms with Gasteiger partial charge in [-0.3, -0.25) is 4.79 Å². The first-order chi connectivity index (χ1) is 13.4. The zero-order valence-electron chi connectivity index (χ0n) is 16.0. The molecule has 28 heavy (non-hydrogen) atoms. The first-order valence-electron chi connectivity index (χ1n) is 9.50. The molecule has 2 N–H and O–H groups in total. The Hall–Kier alpha value is -2.53. The minimum Gasteiger partial charge on any atom is -0.465 e. The van der Waals surface area contributed by atoms with Crippen molar-refractivity contribution in [2.24, 2.45) is 0 Å². The first-order valence-corrected chi connectivity index (χ1v) is 9.88. The molecule has 0 atom stereocenters. The van der Waals surface area contributed by atoms with Gasteiger partial charge in [0.15, 0.2) is 0 Å². The van der Waals surface area contributed by atoms with E-state index in [-0.39, 0.29) is 17.4 Å². The summed E-state index contributed by atoms with van der Waals surface area (Å²) in [5.41, 5.74) is 3.52. The summed E-state index contributed by atoms with van der Waals surface area (Å²) in [6.07, 6.45) is 4.17. The second-order valence-electron chi connectivity index (χ2n) is 7.87. The third-order valence-corrected chi connectivity index (χ3v) is 5.83. The Bertz CT molecular complexity index is 949. The van der Waals surface area contributed by atoms with Crippen molar-refractivity contribution in [2.45, 2.75) is 44.1 Å². The highest BCUT2D eigenvalue weighted by atomic mass is 35.5. The summed E-state index contributed by atoms with van der Waals surface area (Å²) in [4.78, 5) is 24.5. The highest BCUT2D eigenvalue weighted by Gasteiger charge is 2.39. The summed E-state index contributed by atoms with van der Waals surface area (Å²) < 4.78 is 4.83. The molecule has 6 heteroatoms. The van der Waals surface area contributed by atoms with E-state index in [1.165, 1.54) is 7.11 Å². The summed E-state index contributed by atoms with van der Waals surface area (Å²) in [6.45, 7) is 2.03. The van der Waals surface area contributed by atoms with Gasteiger partial charge in [-0.05, 0) is 74.4 Å². The smallest absolute Gasteiger partial charge is 0.337 e. The second-order valence-corrected chi connectivity index (χ2v) is 8.25. The molecule has 2 aliphatic rings. The van der Waals surface area contributed by atoms with Gasteiger partial charge in [0.1, 0.15) is 0 Å². The molecule has 5 nitrogen and oxygen atoms in total. The molecule has 2 aliphatic carbocycles. The molecule has 2 aromatic rings. The lowest BCUT2D eigenvalue weighted by Crippen LogP contribution is -2.34. The van der Waals surface area contributed by atoms with Crippen LogP contribution in [0.25, 0.3) is 0 Å². The van der Waals surface area contributed by atoms with Gasteiger partial charge in [-0.2, -0.15) is 0 Å². The molecule has 4 rings (SSSR count). The van der Waals surface area contributed by atoms with Crippen LogP contribution >= 0.6 is 11.6 Å². The van der Waals surface area contributed by atoms with E-state index in [0.29, 0.717) is 27.8 Å². The summed E-state index contributed by atoms with van der Waals surface area (Å²) in [5, 5.41) is 6.79. The number of hydrogen-bond donors (Lipinski definition) is 2. The number of ether oxygens (including phenoxy) is 1. The molecule has 0 radical (unpaired) electrons. The largest absolute Gasteiger partial charge is 0.465 e. The standard InChI is InChI=1S/C22H23ClN2O3/c1-22(10-11-22)25-20(26)15-4-3-5-18(19(15)23)24-17-9-8-14(21(27)28-2)12-16(17)13-6-7-13/h3-5,8-9,12-13,24H,6-7,10-11H2,1-2H3,(H,25,26). The van der Waals surface area contributed by atoms with Gasteiger partial charge in [0.25, 0.3) is 5.91 Å². The van der Waals surface area contributed by atoms with Crippen LogP contribution in [-0.2, 0) is 4.74 Å². The van der Waals surface area contributed by atoms with Crippen LogP contribution in [0.3, 0.4) is 0 Å². The monoisotopic (exact) mass is 398 g/mol. The van der Waals surface area contributed by atoms with Crippen molar-refractivity contribution in [1.82, 2.24) is 5.32 Å². The number of anilines is 2. The second kappa shape index (κ2) is 7.13. The normalized spacial score (nSPS) is 17.0. The Morgan fingerprint density at radius 1 is 1.14 bits per heavy atom. The van der Waals surface area contributed by atoms with Crippen molar-refractivity contribution in [3.05, 3.63) is 58.1 Å². The van der Waals surface area contributed by atoms with Gasteiger partial charge in [-0.25, -0.2) is 4.79 Å². The molecule has 0 bridgehead atoms. The van der Waals surface area contributed by atoms with Crippen molar-refractivity contribution in [2.75, 3.05) is 12.4 Å². The fraction of sp³-hybridized carbons (Fsp3) is 0.364. The predicted molar refractivity (Wildman–Crippen MR) is 110 cm³/mol. The van der Waals surface area contributed by atoms with Crippen LogP contribution in [0.4, 0.5) is 11.4 Å². The molecule has 0 aromatic heterocycles. The fourth-order valence-electron chi connectivity index (χ4n) is 3.26. The lowest BCUT2D eigenvalue weighted by atomic mass is 10.0. The van der Waals surface area contributed by atoms with E-state index in [1.54, 1.807) is 12.1 Å². The van der Waals surface area contributed by atoms with Crippen LogP contribution < -0.4 is 10.6 Å². The molecular formula is C22H23ClN2O3. The molecule has 2 fully saturated rings. The molecule has 0 spiro atoms. The van der Waals surface area contributed by atoms with Crippen LogP contribution in [-0.4, -0.2) is 24.5 Å². The maximum atomic E-state index is 12.6. The van der Waals surface area contributed by atoms with E-state index in [4.69, 9.17) is 16.3 Å². The Morgan fingerprint density at radius 3 is 2.54 bits per heavy atom.